The molecular weight excluding hydrogens is 242 g/mol. The largest absolute Gasteiger partial charge is 0.349 e. The van der Waals surface area contributed by atoms with Gasteiger partial charge in [0, 0.05) is 12.2 Å². The predicted molar refractivity (Wildman–Crippen MR) is 68.9 cm³/mol. The Morgan fingerprint density at radius 1 is 1.21 bits per heavy atom. The van der Waals surface area contributed by atoms with Crippen molar-refractivity contribution in [1.29, 1.82) is 0 Å². The van der Waals surface area contributed by atoms with Crippen LogP contribution < -0.4 is 5.32 Å². The van der Waals surface area contributed by atoms with Crippen LogP contribution in [0.4, 0.5) is 0 Å². The highest BCUT2D eigenvalue weighted by molar-refractivity contribution is 5.94. The third-order valence-corrected chi connectivity index (χ3v) is 3.38. The highest BCUT2D eigenvalue weighted by Crippen LogP contribution is 2.18. The summed E-state index contributed by atoms with van der Waals surface area (Å²) >= 11 is 0. The van der Waals surface area contributed by atoms with E-state index in [1.807, 2.05) is 0 Å². The lowest BCUT2D eigenvalue weighted by atomic mass is 10.2. The molecule has 1 saturated carbocycles. The van der Waals surface area contributed by atoms with Crippen molar-refractivity contribution in [2.75, 3.05) is 0 Å². The first-order valence-corrected chi connectivity index (χ1v) is 6.45. The van der Waals surface area contributed by atoms with E-state index in [0.717, 1.165) is 12.8 Å². The number of hydrogen-bond donors (Lipinski definition) is 1. The first-order valence-electron chi connectivity index (χ1n) is 6.45. The van der Waals surface area contributed by atoms with Crippen molar-refractivity contribution in [1.82, 2.24) is 25.1 Å². The van der Waals surface area contributed by atoms with Gasteiger partial charge in [-0.2, -0.15) is 0 Å². The number of nitrogens with zero attached hydrogens (tertiary/aromatic N) is 4. The van der Waals surface area contributed by atoms with Crippen LogP contribution in [0, 0.1) is 0 Å². The van der Waals surface area contributed by atoms with Crippen molar-refractivity contribution in [2.45, 2.75) is 31.7 Å². The maximum absolute atomic E-state index is 12.0. The average Bonchev–Trinajstić information content (AvgIpc) is 3.12. The Balaban J connectivity index is 1.69. The Morgan fingerprint density at radius 2 is 1.95 bits per heavy atom. The van der Waals surface area contributed by atoms with Gasteiger partial charge in [-0.05, 0) is 25.0 Å². The van der Waals surface area contributed by atoms with E-state index in [1.54, 1.807) is 35.6 Å². The fourth-order valence-electron chi connectivity index (χ4n) is 2.33. The molecule has 2 aromatic heterocycles. The molecule has 1 aliphatic carbocycles. The molecular formula is C13H15N5O. The molecule has 0 radical (unpaired) electrons. The van der Waals surface area contributed by atoms with Gasteiger partial charge in [-0.25, -0.2) is 4.98 Å². The van der Waals surface area contributed by atoms with Crippen LogP contribution >= 0.6 is 0 Å². The minimum absolute atomic E-state index is 0.0466. The van der Waals surface area contributed by atoms with Crippen LogP contribution in [-0.4, -0.2) is 31.7 Å². The molecule has 98 valence electrons. The number of pyridine rings is 1. The van der Waals surface area contributed by atoms with Gasteiger partial charge in [-0.3, -0.25) is 9.36 Å². The Bertz CT molecular complexity index is 543. The maximum Gasteiger partial charge on any atom is 0.253 e. The van der Waals surface area contributed by atoms with Gasteiger partial charge >= 0.3 is 0 Å². The van der Waals surface area contributed by atoms with Crippen molar-refractivity contribution >= 4 is 5.91 Å². The Labute approximate surface area is 110 Å². The molecule has 0 unspecified atom stereocenters. The van der Waals surface area contributed by atoms with Crippen LogP contribution in [0.25, 0.3) is 5.82 Å². The van der Waals surface area contributed by atoms with Crippen molar-refractivity contribution in [2.24, 2.45) is 0 Å². The molecule has 19 heavy (non-hydrogen) atoms. The normalized spacial score (nSPS) is 15.6. The minimum Gasteiger partial charge on any atom is -0.349 e. The molecule has 1 amide bonds. The topological polar surface area (TPSA) is 72.7 Å². The quantitative estimate of drug-likeness (QED) is 0.900. The Kier molecular flexibility index (Phi) is 3.22. The van der Waals surface area contributed by atoms with Gasteiger partial charge in [0.05, 0.1) is 5.56 Å². The number of nitrogens with one attached hydrogen (secondary N) is 1. The van der Waals surface area contributed by atoms with Crippen molar-refractivity contribution < 1.29 is 4.79 Å². The van der Waals surface area contributed by atoms with Gasteiger partial charge in [0.2, 0.25) is 0 Å². The molecule has 2 aromatic rings. The van der Waals surface area contributed by atoms with Crippen LogP contribution in [0.2, 0.25) is 0 Å². The molecule has 0 atom stereocenters. The lowest BCUT2D eigenvalue weighted by Gasteiger charge is -2.11. The van der Waals surface area contributed by atoms with E-state index in [1.165, 1.54) is 12.8 Å². The van der Waals surface area contributed by atoms with Crippen LogP contribution in [0.5, 0.6) is 0 Å². The second-order valence-corrected chi connectivity index (χ2v) is 4.73. The van der Waals surface area contributed by atoms with Crippen LogP contribution in [0.1, 0.15) is 36.0 Å². The Hall–Kier alpha value is -2.24. The summed E-state index contributed by atoms with van der Waals surface area (Å²) in [6.45, 7) is 0. The maximum atomic E-state index is 12.0. The third-order valence-electron chi connectivity index (χ3n) is 3.38. The average molecular weight is 257 g/mol. The highest BCUT2D eigenvalue weighted by Gasteiger charge is 2.18. The zero-order chi connectivity index (χ0) is 13.1. The molecule has 3 rings (SSSR count). The molecule has 0 bridgehead atoms. The fourth-order valence-corrected chi connectivity index (χ4v) is 2.33. The molecule has 0 saturated heterocycles. The van der Waals surface area contributed by atoms with E-state index in [0.29, 0.717) is 17.4 Å². The molecule has 1 N–H and O–H groups in total. The third kappa shape index (κ3) is 2.62. The van der Waals surface area contributed by atoms with E-state index < -0.39 is 0 Å². The van der Waals surface area contributed by atoms with Crippen LogP contribution in [-0.2, 0) is 0 Å². The summed E-state index contributed by atoms with van der Waals surface area (Å²) in [5.41, 5.74) is 0.587. The molecule has 0 aliphatic heterocycles. The number of aromatic nitrogens is 4. The van der Waals surface area contributed by atoms with E-state index in [-0.39, 0.29) is 5.91 Å². The molecule has 1 fully saturated rings. The smallest absolute Gasteiger partial charge is 0.253 e. The summed E-state index contributed by atoms with van der Waals surface area (Å²) in [5.74, 6) is 0.650. The van der Waals surface area contributed by atoms with Crippen molar-refractivity contribution in [3.8, 4) is 5.82 Å². The summed E-state index contributed by atoms with van der Waals surface area (Å²) in [6, 6.07) is 3.88. The molecule has 6 nitrogen and oxygen atoms in total. The zero-order valence-corrected chi connectivity index (χ0v) is 10.5. The summed E-state index contributed by atoms with van der Waals surface area (Å²) in [4.78, 5) is 16.3. The molecule has 6 heteroatoms. The van der Waals surface area contributed by atoms with Gasteiger partial charge < -0.3 is 5.32 Å². The van der Waals surface area contributed by atoms with Crippen molar-refractivity contribution in [3.63, 3.8) is 0 Å². The van der Waals surface area contributed by atoms with Gasteiger partial charge in [-0.15, -0.1) is 10.2 Å². The first-order chi connectivity index (χ1) is 9.33. The first kappa shape index (κ1) is 11.8. The summed E-state index contributed by atoms with van der Waals surface area (Å²) < 4.78 is 1.69. The number of carbonyl (C=O) groups is 1. The predicted octanol–water partition coefficient (Wildman–Crippen LogP) is 1.33. The van der Waals surface area contributed by atoms with E-state index in [2.05, 4.69) is 20.5 Å². The molecule has 2 heterocycles. The number of amides is 1. The van der Waals surface area contributed by atoms with Crippen LogP contribution in [0.3, 0.4) is 0 Å². The fraction of sp³-hybridized carbons (Fsp3) is 0.385. The van der Waals surface area contributed by atoms with Crippen molar-refractivity contribution in [3.05, 3.63) is 36.5 Å². The number of rotatable bonds is 3. The summed E-state index contributed by atoms with van der Waals surface area (Å²) in [7, 11) is 0. The van der Waals surface area contributed by atoms with E-state index in [4.69, 9.17) is 0 Å². The van der Waals surface area contributed by atoms with Gasteiger partial charge in [0.25, 0.3) is 5.91 Å². The van der Waals surface area contributed by atoms with Gasteiger partial charge in [0.15, 0.2) is 0 Å². The Morgan fingerprint density at radius 3 is 2.58 bits per heavy atom. The zero-order valence-electron chi connectivity index (χ0n) is 10.5. The van der Waals surface area contributed by atoms with Gasteiger partial charge in [0.1, 0.15) is 18.5 Å². The molecule has 1 aliphatic rings. The second-order valence-electron chi connectivity index (χ2n) is 4.73. The number of carbonyl (C=O) groups excluding carboxylic acids is 1. The standard InChI is InChI=1S/C13H15N5O/c19-13(17-11-3-1-2-4-11)10-5-6-12(14-7-10)18-8-15-16-9-18/h5-9,11H,1-4H2,(H,17,19). The second kappa shape index (κ2) is 5.17. The minimum atomic E-state index is -0.0466. The molecule has 0 spiro atoms. The highest BCUT2D eigenvalue weighted by atomic mass is 16.1. The molecule has 0 aromatic carbocycles. The summed E-state index contributed by atoms with van der Waals surface area (Å²) in [5, 5.41) is 10.5. The summed E-state index contributed by atoms with van der Waals surface area (Å²) in [6.07, 6.45) is 9.29. The lowest BCUT2D eigenvalue weighted by molar-refractivity contribution is 0.0937. The van der Waals surface area contributed by atoms with E-state index >= 15 is 0 Å². The lowest BCUT2D eigenvalue weighted by Crippen LogP contribution is -2.32. The van der Waals surface area contributed by atoms with E-state index in [9.17, 15) is 4.79 Å². The SMILES string of the molecule is O=C(NC1CCCC1)c1ccc(-n2cnnc2)nc1. The van der Waals surface area contributed by atoms with Gasteiger partial charge in [-0.1, -0.05) is 12.8 Å². The monoisotopic (exact) mass is 257 g/mol. The van der Waals surface area contributed by atoms with Crippen LogP contribution in [0.15, 0.2) is 31.0 Å². The number of hydrogen-bond acceptors (Lipinski definition) is 4.